The molecule has 2 fully saturated rings. The van der Waals surface area contributed by atoms with E-state index in [0.29, 0.717) is 17.9 Å². The van der Waals surface area contributed by atoms with E-state index in [1.807, 2.05) is 0 Å². The Balaban J connectivity index is 1.82. The van der Waals surface area contributed by atoms with Crippen LogP contribution in [0, 0.1) is 17.8 Å². The second-order valence-electron chi connectivity index (χ2n) is 5.68. The van der Waals surface area contributed by atoms with Gasteiger partial charge in [0.25, 0.3) is 0 Å². The molecule has 0 radical (unpaired) electrons. The second-order valence-corrected chi connectivity index (χ2v) is 5.68. The Kier molecular flexibility index (Phi) is 5.01. The maximum absolute atomic E-state index is 12.2. The minimum absolute atomic E-state index is 0.139. The first-order valence-electron chi connectivity index (χ1n) is 7.31. The molecule has 18 heavy (non-hydrogen) atoms. The van der Waals surface area contributed by atoms with E-state index in [9.17, 15) is 4.79 Å². The third-order valence-electron chi connectivity index (χ3n) is 4.54. The number of carbonyl (C=O) groups excluding carboxylic acids is 1. The van der Waals surface area contributed by atoms with E-state index < -0.39 is 0 Å². The molecular weight excluding hydrogens is 228 g/mol. The summed E-state index contributed by atoms with van der Waals surface area (Å²) < 4.78 is 5.39. The average Bonchev–Trinajstić information content (AvgIpc) is 2.34. The number of hydrogen-bond acceptors (Lipinski definition) is 3. The van der Waals surface area contributed by atoms with Gasteiger partial charge in [-0.1, -0.05) is 13.8 Å². The highest BCUT2D eigenvalue weighted by molar-refractivity contribution is 5.79. The van der Waals surface area contributed by atoms with Crippen molar-refractivity contribution >= 4 is 5.91 Å². The maximum Gasteiger partial charge on any atom is 0.223 e. The predicted molar refractivity (Wildman–Crippen MR) is 71.3 cm³/mol. The molecule has 0 aromatic carbocycles. The van der Waals surface area contributed by atoms with Gasteiger partial charge in [-0.15, -0.1) is 0 Å². The molecule has 2 aliphatic heterocycles. The van der Waals surface area contributed by atoms with Crippen molar-refractivity contribution < 1.29 is 9.53 Å². The van der Waals surface area contributed by atoms with Crippen LogP contribution in [0.3, 0.4) is 0 Å². The van der Waals surface area contributed by atoms with Gasteiger partial charge in [-0.05, 0) is 44.2 Å². The van der Waals surface area contributed by atoms with Crippen molar-refractivity contribution in [1.29, 1.82) is 0 Å². The fourth-order valence-electron chi connectivity index (χ4n) is 2.86. The van der Waals surface area contributed by atoms with E-state index >= 15 is 0 Å². The molecule has 2 aliphatic rings. The fraction of sp³-hybridized carbons (Fsp3) is 0.929. The summed E-state index contributed by atoms with van der Waals surface area (Å²) in [5.41, 5.74) is 0. The zero-order valence-corrected chi connectivity index (χ0v) is 11.6. The number of nitrogens with one attached hydrogen (secondary N) is 2. The van der Waals surface area contributed by atoms with E-state index in [0.717, 1.165) is 45.6 Å². The van der Waals surface area contributed by atoms with E-state index in [1.54, 1.807) is 0 Å². The molecule has 0 saturated carbocycles. The molecule has 0 aromatic rings. The lowest BCUT2D eigenvalue weighted by molar-refractivity contribution is -0.128. The van der Waals surface area contributed by atoms with Crippen LogP contribution in [0.25, 0.3) is 0 Å². The van der Waals surface area contributed by atoms with Crippen LogP contribution in [0.1, 0.15) is 33.1 Å². The van der Waals surface area contributed by atoms with Crippen LogP contribution in [0.2, 0.25) is 0 Å². The van der Waals surface area contributed by atoms with Crippen LogP contribution < -0.4 is 10.6 Å². The molecule has 0 aliphatic carbocycles. The Bertz CT molecular complexity index is 273. The first kappa shape index (κ1) is 13.8. The molecule has 2 heterocycles. The lowest BCUT2D eigenvalue weighted by atomic mass is 9.86. The van der Waals surface area contributed by atoms with E-state index in [4.69, 9.17) is 4.74 Å². The van der Waals surface area contributed by atoms with Gasteiger partial charge >= 0.3 is 0 Å². The lowest BCUT2D eigenvalue weighted by Crippen LogP contribution is -2.52. The Hall–Kier alpha value is -0.610. The zero-order valence-electron chi connectivity index (χ0n) is 11.6. The lowest BCUT2D eigenvalue weighted by Gasteiger charge is -2.35. The topological polar surface area (TPSA) is 50.4 Å². The first-order valence-corrected chi connectivity index (χ1v) is 7.31. The third-order valence-corrected chi connectivity index (χ3v) is 4.54. The van der Waals surface area contributed by atoms with Crippen LogP contribution in [-0.4, -0.2) is 38.3 Å². The standard InChI is InChI=1S/C14H26N2O2/c1-3-13(11-4-6-18-7-5-11)16-14(17)10(2)12-8-15-9-12/h10-13,15H,3-9H2,1-2H3,(H,16,17). The zero-order chi connectivity index (χ0) is 13.0. The highest BCUT2D eigenvalue weighted by atomic mass is 16.5. The highest BCUT2D eigenvalue weighted by Crippen LogP contribution is 2.22. The fourth-order valence-corrected chi connectivity index (χ4v) is 2.86. The van der Waals surface area contributed by atoms with Crippen LogP contribution in [-0.2, 0) is 9.53 Å². The summed E-state index contributed by atoms with van der Waals surface area (Å²) in [6, 6.07) is 0.330. The van der Waals surface area contributed by atoms with Crippen LogP contribution in [0.5, 0.6) is 0 Å². The molecule has 2 N–H and O–H groups in total. The van der Waals surface area contributed by atoms with Gasteiger partial charge < -0.3 is 15.4 Å². The largest absolute Gasteiger partial charge is 0.381 e. The molecule has 0 aromatic heterocycles. The summed E-state index contributed by atoms with van der Waals surface area (Å²) in [6.07, 6.45) is 3.18. The van der Waals surface area contributed by atoms with Crippen LogP contribution in [0.4, 0.5) is 0 Å². The number of amides is 1. The molecule has 2 unspecified atom stereocenters. The van der Waals surface area contributed by atoms with Gasteiger partial charge in [0.15, 0.2) is 0 Å². The number of ether oxygens (including phenoxy) is 1. The van der Waals surface area contributed by atoms with Gasteiger partial charge in [-0.25, -0.2) is 0 Å². The second kappa shape index (κ2) is 6.53. The summed E-state index contributed by atoms with van der Waals surface area (Å²) >= 11 is 0. The van der Waals surface area contributed by atoms with Crippen molar-refractivity contribution in [2.75, 3.05) is 26.3 Å². The number of carbonyl (C=O) groups is 1. The van der Waals surface area contributed by atoms with Crippen LogP contribution >= 0.6 is 0 Å². The van der Waals surface area contributed by atoms with Crippen molar-refractivity contribution in [2.45, 2.75) is 39.2 Å². The number of rotatable bonds is 5. The molecule has 2 saturated heterocycles. The minimum Gasteiger partial charge on any atom is -0.381 e. The summed E-state index contributed by atoms with van der Waals surface area (Å²) in [7, 11) is 0. The number of hydrogen-bond donors (Lipinski definition) is 2. The Labute approximate surface area is 110 Å². The van der Waals surface area contributed by atoms with Crippen molar-refractivity contribution in [3.63, 3.8) is 0 Å². The van der Waals surface area contributed by atoms with Crippen molar-refractivity contribution in [3.8, 4) is 0 Å². The molecular formula is C14H26N2O2. The Morgan fingerprint density at radius 1 is 1.33 bits per heavy atom. The predicted octanol–water partition coefficient (Wildman–Crippen LogP) is 1.16. The van der Waals surface area contributed by atoms with Crippen LogP contribution in [0.15, 0.2) is 0 Å². The van der Waals surface area contributed by atoms with Gasteiger partial charge in [0, 0.05) is 25.2 Å². The molecule has 2 rings (SSSR count). The van der Waals surface area contributed by atoms with E-state index in [1.165, 1.54) is 0 Å². The molecule has 4 heteroatoms. The summed E-state index contributed by atoms with van der Waals surface area (Å²) in [6.45, 7) is 7.89. The summed E-state index contributed by atoms with van der Waals surface area (Å²) in [5, 5.41) is 6.49. The van der Waals surface area contributed by atoms with Gasteiger partial charge in [0.1, 0.15) is 0 Å². The van der Waals surface area contributed by atoms with Gasteiger partial charge in [0.05, 0.1) is 0 Å². The van der Waals surface area contributed by atoms with Crippen molar-refractivity contribution in [2.24, 2.45) is 17.8 Å². The van der Waals surface area contributed by atoms with Crippen molar-refractivity contribution in [3.05, 3.63) is 0 Å². The van der Waals surface area contributed by atoms with Gasteiger partial charge in [0.2, 0.25) is 5.91 Å². The van der Waals surface area contributed by atoms with E-state index in [2.05, 4.69) is 24.5 Å². The Morgan fingerprint density at radius 2 is 2.00 bits per heavy atom. The molecule has 1 amide bonds. The summed E-state index contributed by atoms with van der Waals surface area (Å²) in [5.74, 6) is 1.50. The van der Waals surface area contributed by atoms with E-state index in [-0.39, 0.29) is 11.8 Å². The van der Waals surface area contributed by atoms with Crippen molar-refractivity contribution in [1.82, 2.24) is 10.6 Å². The monoisotopic (exact) mass is 254 g/mol. The smallest absolute Gasteiger partial charge is 0.223 e. The van der Waals surface area contributed by atoms with Gasteiger partial charge in [-0.2, -0.15) is 0 Å². The molecule has 0 spiro atoms. The average molecular weight is 254 g/mol. The molecule has 0 bridgehead atoms. The molecule has 2 atom stereocenters. The quantitative estimate of drug-likeness (QED) is 0.774. The SMILES string of the molecule is CCC(NC(=O)C(C)C1CNC1)C1CCOCC1. The molecule has 104 valence electrons. The summed E-state index contributed by atoms with van der Waals surface area (Å²) in [4.78, 5) is 12.2. The molecule has 4 nitrogen and oxygen atoms in total. The Morgan fingerprint density at radius 3 is 2.50 bits per heavy atom. The maximum atomic E-state index is 12.2. The minimum atomic E-state index is 0.139. The highest BCUT2D eigenvalue weighted by Gasteiger charge is 2.31. The third kappa shape index (κ3) is 3.23. The normalized spacial score (nSPS) is 25.2. The first-order chi connectivity index (χ1) is 8.72. The van der Waals surface area contributed by atoms with Gasteiger partial charge in [-0.3, -0.25) is 4.79 Å².